The molecule has 70 valence electrons. The number of carboxylic acid groups (broad SMARTS) is 1. The van der Waals surface area contributed by atoms with E-state index in [1.807, 2.05) is 0 Å². The maximum Gasteiger partial charge on any atom is 0.325 e. The summed E-state index contributed by atoms with van der Waals surface area (Å²) in [6.45, 7) is 0. The highest BCUT2D eigenvalue weighted by Gasteiger charge is 2.17. The average Bonchev–Trinajstić information content (AvgIpc) is 2.08. The zero-order valence-electron chi connectivity index (χ0n) is 6.37. The highest BCUT2D eigenvalue weighted by molar-refractivity contribution is 6.33. The van der Waals surface area contributed by atoms with Crippen molar-refractivity contribution in [1.29, 1.82) is 0 Å². The van der Waals surface area contributed by atoms with E-state index in [0.717, 1.165) is 0 Å². The lowest BCUT2D eigenvalue weighted by Crippen LogP contribution is -2.21. The van der Waals surface area contributed by atoms with Crippen LogP contribution in [-0.2, 0) is 4.79 Å². The van der Waals surface area contributed by atoms with Crippen LogP contribution < -0.4 is 5.73 Å². The number of rotatable bonds is 2. The maximum atomic E-state index is 10.5. The molecular weight excluding hydrogens is 215 g/mol. The number of aliphatic carboxylic acids is 1. The lowest BCUT2D eigenvalue weighted by molar-refractivity contribution is -0.138. The molecule has 6 heteroatoms. The largest absolute Gasteiger partial charge is 0.480 e. The van der Waals surface area contributed by atoms with Gasteiger partial charge in [-0.25, -0.2) is 4.98 Å². The third-order valence-electron chi connectivity index (χ3n) is 1.45. The van der Waals surface area contributed by atoms with Crippen molar-refractivity contribution in [2.24, 2.45) is 5.73 Å². The predicted octanol–water partition coefficient (Wildman–Crippen LogP) is 1.47. The van der Waals surface area contributed by atoms with Crippen LogP contribution in [0.4, 0.5) is 0 Å². The second-order valence-electron chi connectivity index (χ2n) is 2.34. The molecule has 13 heavy (non-hydrogen) atoms. The summed E-state index contributed by atoms with van der Waals surface area (Å²) in [5, 5.41) is 8.96. The fourth-order valence-electron chi connectivity index (χ4n) is 0.799. The SMILES string of the molecule is NC(C(=O)O)c1cc(Cl)ncc1Cl. The number of hydrogen-bond donors (Lipinski definition) is 2. The Morgan fingerprint density at radius 3 is 2.77 bits per heavy atom. The van der Waals surface area contributed by atoms with Crippen molar-refractivity contribution in [3.8, 4) is 0 Å². The van der Waals surface area contributed by atoms with Gasteiger partial charge in [0.05, 0.1) is 5.02 Å². The van der Waals surface area contributed by atoms with Crippen LogP contribution in [-0.4, -0.2) is 16.1 Å². The summed E-state index contributed by atoms with van der Waals surface area (Å²) in [5.41, 5.74) is 5.60. The van der Waals surface area contributed by atoms with E-state index in [2.05, 4.69) is 4.98 Å². The number of carbonyl (C=O) groups is 1. The summed E-state index contributed by atoms with van der Waals surface area (Å²) in [7, 11) is 0. The Morgan fingerprint density at radius 1 is 1.62 bits per heavy atom. The molecule has 1 aromatic rings. The summed E-state index contributed by atoms with van der Waals surface area (Å²) in [5.74, 6) is -1.16. The van der Waals surface area contributed by atoms with Gasteiger partial charge < -0.3 is 10.8 Å². The molecule has 0 aromatic carbocycles. The molecule has 1 atom stereocenters. The number of halogens is 2. The van der Waals surface area contributed by atoms with E-state index < -0.39 is 12.0 Å². The van der Waals surface area contributed by atoms with E-state index in [1.54, 1.807) is 0 Å². The smallest absolute Gasteiger partial charge is 0.325 e. The van der Waals surface area contributed by atoms with Crippen molar-refractivity contribution >= 4 is 29.2 Å². The predicted molar refractivity (Wildman–Crippen MR) is 48.8 cm³/mol. The van der Waals surface area contributed by atoms with Gasteiger partial charge in [0.1, 0.15) is 11.2 Å². The Morgan fingerprint density at radius 2 is 2.23 bits per heavy atom. The fraction of sp³-hybridized carbons (Fsp3) is 0.143. The Labute approximate surface area is 84.3 Å². The topological polar surface area (TPSA) is 76.2 Å². The van der Waals surface area contributed by atoms with E-state index in [-0.39, 0.29) is 15.7 Å². The maximum absolute atomic E-state index is 10.5. The molecule has 1 unspecified atom stereocenters. The molecule has 1 aromatic heterocycles. The highest BCUT2D eigenvalue weighted by atomic mass is 35.5. The Kier molecular flexibility index (Phi) is 3.08. The Bertz CT molecular complexity index is 343. The third-order valence-corrected chi connectivity index (χ3v) is 1.98. The second kappa shape index (κ2) is 3.91. The molecule has 1 heterocycles. The number of carboxylic acids is 1. The van der Waals surface area contributed by atoms with Crippen LogP contribution >= 0.6 is 23.2 Å². The molecule has 0 fully saturated rings. The van der Waals surface area contributed by atoms with Crippen LogP contribution in [0.1, 0.15) is 11.6 Å². The minimum Gasteiger partial charge on any atom is -0.480 e. The quantitative estimate of drug-likeness (QED) is 0.741. The number of pyridine rings is 1. The zero-order chi connectivity index (χ0) is 10.0. The summed E-state index contributed by atoms with van der Waals surface area (Å²) in [6, 6.07) is 0.163. The second-order valence-corrected chi connectivity index (χ2v) is 3.14. The molecule has 0 radical (unpaired) electrons. The lowest BCUT2D eigenvalue weighted by Gasteiger charge is -2.08. The summed E-state index contributed by atoms with van der Waals surface area (Å²) >= 11 is 11.2. The summed E-state index contributed by atoms with van der Waals surface area (Å²) < 4.78 is 0. The van der Waals surface area contributed by atoms with Crippen molar-refractivity contribution in [3.63, 3.8) is 0 Å². The van der Waals surface area contributed by atoms with Crippen LogP contribution in [0.25, 0.3) is 0 Å². The van der Waals surface area contributed by atoms with Gasteiger partial charge in [0.2, 0.25) is 0 Å². The highest BCUT2D eigenvalue weighted by Crippen LogP contribution is 2.23. The number of hydrogen-bond acceptors (Lipinski definition) is 3. The Hall–Kier alpha value is -0.840. The molecule has 0 saturated heterocycles. The van der Waals surface area contributed by atoms with Gasteiger partial charge in [0.15, 0.2) is 0 Å². The molecule has 0 saturated carbocycles. The third kappa shape index (κ3) is 2.30. The molecule has 0 aliphatic heterocycles. The van der Waals surface area contributed by atoms with E-state index in [9.17, 15) is 4.79 Å². The molecule has 1 rings (SSSR count). The monoisotopic (exact) mass is 220 g/mol. The molecule has 0 aliphatic carbocycles. The van der Waals surface area contributed by atoms with Crippen molar-refractivity contribution in [3.05, 3.63) is 28.0 Å². The van der Waals surface area contributed by atoms with Crippen molar-refractivity contribution < 1.29 is 9.90 Å². The van der Waals surface area contributed by atoms with E-state index in [1.165, 1.54) is 12.3 Å². The van der Waals surface area contributed by atoms with E-state index in [0.29, 0.717) is 0 Å². The minimum atomic E-state index is -1.17. The van der Waals surface area contributed by atoms with Gasteiger partial charge in [-0.3, -0.25) is 4.79 Å². The van der Waals surface area contributed by atoms with Gasteiger partial charge in [-0.15, -0.1) is 0 Å². The van der Waals surface area contributed by atoms with Crippen LogP contribution in [0, 0.1) is 0 Å². The van der Waals surface area contributed by atoms with Crippen molar-refractivity contribution in [2.45, 2.75) is 6.04 Å². The van der Waals surface area contributed by atoms with Gasteiger partial charge >= 0.3 is 5.97 Å². The first-order valence-electron chi connectivity index (χ1n) is 3.31. The molecule has 0 amide bonds. The number of aromatic nitrogens is 1. The average molecular weight is 221 g/mol. The van der Waals surface area contributed by atoms with Crippen LogP contribution in [0.3, 0.4) is 0 Å². The van der Waals surface area contributed by atoms with Crippen LogP contribution in [0.5, 0.6) is 0 Å². The first kappa shape index (κ1) is 10.2. The first-order chi connectivity index (χ1) is 6.02. The van der Waals surface area contributed by atoms with Gasteiger partial charge in [-0.05, 0) is 6.07 Å². The molecule has 0 spiro atoms. The van der Waals surface area contributed by atoms with Crippen LogP contribution in [0.2, 0.25) is 10.2 Å². The molecule has 0 bridgehead atoms. The van der Waals surface area contributed by atoms with Crippen molar-refractivity contribution in [1.82, 2.24) is 4.98 Å². The molecule has 0 aliphatic rings. The summed E-state index contributed by atoms with van der Waals surface area (Å²) in [4.78, 5) is 14.2. The van der Waals surface area contributed by atoms with E-state index >= 15 is 0 Å². The van der Waals surface area contributed by atoms with Crippen LogP contribution in [0.15, 0.2) is 12.3 Å². The number of nitrogens with two attached hydrogens (primary N) is 1. The van der Waals surface area contributed by atoms with Gasteiger partial charge in [-0.1, -0.05) is 23.2 Å². The molecular formula is C7H6Cl2N2O2. The number of nitrogens with zero attached hydrogens (tertiary/aromatic N) is 1. The first-order valence-corrected chi connectivity index (χ1v) is 4.07. The normalized spacial score (nSPS) is 12.5. The van der Waals surface area contributed by atoms with Gasteiger partial charge in [0, 0.05) is 11.8 Å². The van der Waals surface area contributed by atoms with Gasteiger partial charge in [0.25, 0.3) is 0 Å². The van der Waals surface area contributed by atoms with Gasteiger partial charge in [-0.2, -0.15) is 0 Å². The molecule has 3 N–H and O–H groups in total. The van der Waals surface area contributed by atoms with E-state index in [4.69, 9.17) is 34.0 Å². The summed E-state index contributed by atoms with van der Waals surface area (Å²) in [6.07, 6.45) is 1.27. The standard InChI is InChI=1S/C7H6Cl2N2O2/c8-4-2-11-5(9)1-3(4)6(10)7(12)13/h1-2,6H,10H2,(H,12,13). The zero-order valence-corrected chi connectivity index (χ0v) is 7.88. The van der Waals surface area contributed by atoms with Crippen molar-refractivity contribution in [2.75, 3.05) is 0 Å². The minimum absolute atomic E-state index is 0.163. The fourth-order valence-corrected chi connectivity index (χ4v) is 1.19. The Balaban J connectivity index is 3.12. The lowest BCUT2D eigenvalue weighted by atomic mass is 10.1. The molecule has 4 nitrogen and oxygen atoms in total.